The van der Waals surface area contributed by atoms with E-state index in [-0.39, 0.29) is 15.5 Å². The molecule has 0 fully saturated rings. The summed E-state index contributed by atoms with van der Waals surface area (Å²) in [5.41, 5.74) is 3.58. The molecule has 0 atom stereocenters. The lowest BCUT2D eigenvalue weighted by molar-refractivity contribution is -0.119. The SMILES string of the molecule is Cc1ccc(S(=O)(=O)NCC(=O)NN=Cc2ccccc2OC(=O)c2sc3ccccc3c2Cl)cc1. The zero-order valence-corrected chi connectivity index (χ0v) is 21.3. The molecule has 36 heavy (non-hydrogen) atoms. The van der Waals surface area contributed by atoms with Crippen LogP contribution in [0.5, 0.6) is 5.75 Å². The highest BCUT2D eigenvalue weighted by atomic mass is 35.5. The molecule has 0 aliphatic heterocycles. The van der Waals surface area contributed by atoms with E-state index in [1.165, 1.54) is 29.7 Å². The van der Waals surface area contributed by atoms with Crippen LogP contribution in [0.3, 0.4) is 0 Å². The Morgan fingerprint density at radius 3 is 2.47 bits per heavy atom. The fraction of sp³-hybridized carbons (Fsp3) is 0.0800. The van der Waals surface area contributed by atoms with Gasteiger partial charge in [0.25, 0.3) is 5.91 Å². The molecule has 2 N–H and O–H groups in total. The van der Waals surface area contributed by atoms with E-state index in [1.807, 2.05) is 31.2 Å². The Kier molecular flexibility index (Phi) is 7.80. The van der Waals surface area contributed by atoms with Crippen LogP contribution in [0.1, 0.15) is 20.8 Å². The maximum absolute atomic E-state index is 12.8. The fourth-order valence-corrected chi connectivity index (χ4v) is 5.51. The average molecular weight is 542 g/mol. The van der Waals surface area contributed by atoms with Crippen LogP contribution in [0.4, 0.5) is 0 Å². The number of amides is 1. The van der Waals surface area contributed by atoms with Crippen molar-refractivity contribution >= 4 is 61.1 Å². The summed E-state index contributed by atoms with van der Waals surface area (Å²) in [4.78, 5) is 25.2. The highest BCUT2D eigenvalue weighted by Crippen LogP contribution is 2.36. The van der Waals surface area contributed by atoms with Crippen molar-refractivity contribution in [2.45, 2.75) is 11.8 Å². The van der Waals surface area contributed by atoms with Crippen molar-refractivity contribution in [1.29, 1.82) is 0 Å². The van der Waals surface area contributed by atoms with E-state index in [2.05, 4.69) is 15.2 Å². The Labute approximate surface area is 216 Å². The minimum Gasteiger partial charge on any atom is -0.422 e. The number of carbonyl (C=O) groups is 2. The summed E-state index contributed by atoms with van der Waals surface area (Å²) in [6.45, 7) is 1.34. The molecule has 3 aromatic carbocycles. The Morgan fingerprint density at radius 1 is 1.03 bits per heavy atom. The minimum absolute atomic E-state index is 0.0545. The first-order chi connectivity index (χ1) is 17.2. The molecule has 0 unspecified atom stereocenters. The number of hydrazone groups is 1. The Balaban J connectivity index is 1.38. The van der Waals surface area contributed by atoms with Crippen LogP contribution < -0.4 is 14.9 Å². The van der Waals surface area contributed by atoms with Crippen LogP contribution in [0, 0.1) is 6.92 Å². The van der Waals surface area contributed by atoms with Gasteiger partial charge in [-0.1, -0.05) is 59.6 Å². The number of rotatable bonds is 8. The molecular weight excluding hydrogens is 522 g/mol. The van der Waals surface area contributed by atoms with Crippen molar-refractivity contribution in [1.82, 2.24) is 10.1 Å². The quantitative estimate of drug-likeness (QED) is 0.147. The van der Waals surface area contributed by atoms with Crippen LogP contribution >= 0.6 is 22.9 Å². The second kappa shape index (κ2) is 11.0. The van der Waals surface area contributed by atoms with E-state index < -0.39 is 28.4 Å². The molecule has 0 saturated carbocycles. The molecule has 184 valence electrons. The van der Waals surface area contributed by atoms with Gasteiger partial charge in [-0.25, -0.2) is 23.4 Å². The molecule has 1 amide bonds. The number of ether oxygens (including phenoxy) is 1. The van der Waals surface area contributed by atoms with E-state index in [0.29, 0.717) is 10.6 Å². The van der Waals surface area contributed by atoms with Gasteiger partial charge in [-0.3, -0.25) is 4.79 Å². The number of sulfonamides is 1. The maximum Gasteiger partial charge on any atom is 0.355 e. The number of benzene rings is 3. The van der Waals surface area contributed by atoms with Crippen LogP contribution in [-0.4, -0.2) is 33.1 Å². The number of hydrogen-bond acceptors (Lipinski definition) is 7. The number of esters is 1. The second-order valence-electron chi connectivity index (χ2n) is 7.60. The molecule has 0 aliphatic rings. The van der Waals surface area contributed by atoms with Gasteiger partial charge >= 0.3 is 5.97 Å². The summed E-state index contributed by atoms with van der Waals surface area (Å²) in [5.74, 6) is -1.07. The Bertz CT molecular complexity index is 1560. The van der Waals surface area contributed by atoms with Gasteiger partial charge in [-0.2, -0.15) is 5.10 Å². The van der Waals surface area contributed by atoms with Crippen LogP contribution in [-0.2, 0) is 14.8 Å². The standard InChI is InChI=1S/C25H20ClN3O5S2/c1-16-10-12-18(13-11-16)36(32,33)28-15-22(30)29-27-14-17-6-2-4-8-20(17)34-25(31)24-23(26)19-7-3-5-9-21(19)35-24/h2-14,28H,15H2,1H3,(H,29,30). The molecule has 11 heteroatoms. The number of fused-ring (bicyclic) bond motifs is 1. The third-order valence-electron chi connectivity index (χ3n) is 4.99. The topological polar surface area (TPSA) is 114 Å². The molecule has 0 spiro atoms. The first-order valence-corrected chi connectivity index (χ1v) is 13.3. The lowest BCUT2D eigenvalue weighted by Crippen LogP contribution is -2.34. The summed E-state index contributed by atoms with van der Waals surface area (Å²) >= 11 is 7.60. The molecule has 0 radical (unpaired) electrons. The summed E-state index contributed by atoms with van der Waals surface area (Å²) in [6, 6.07) is 20.3. The number of hydrogen-bond donors (Lipinski definition) is 2. The highest BCUT2D eigenvalue weighted by Gasteiger charge is 2.20. The van der Waals surface area contributed by atoms with Gasteiger partial charge in [-0.15, -0.1) is 11.3 Å². The zero-order valence-electron chi connectivity index (χ0n) is 18.9. The lowest BCUT2D eigenvalue weighted by atomic mass is 10.2. The summed E-state index contributed by atoms with van der Waals surface area (Å²) in [6.07, 6.45) is 1.29. The Morgan fingerprint density at radius 2 is 1.72 bits per heavy atom. The first-order valence-electron chi connectivity index (χ1n) is 10.6. The van der Waals surface area contributed by atoms with Gasteiger partial charge in [-0.05, 0) is 37.3 Å². The molecule has 1 aromatic heterocycles. The van der Waals surface area contributed by atoms with Crippen molar-refractivity contribution < 1.29 is 22.7 Å². The van der Waals surface area contributed by atoms with E-state index in [0.717, 1.165) is 15.6 Å². The van der Waals surface area contributed by atoms with Crippen molar-refractivity contribution in [3.63, 3.8) is 0 Å². The maximum atomic E-state index is 12.8. The molecular formula is C25H20ClN3O5S2. The van der Waals surface area contributed by atoms with E-state index in [4.69, 9.17) is 16.3 Å². The zero-order chi connectivity index (χ0) is 25.7. The molecule has 8 nitrogen and oxygen atoms in total. The molecule has 0 saturated heterocycles. The van der Waals surface area contributed by atoms with Crippen molar-refractivity contribution in [3.05, 3.63) is 93.8 Å². The second-order valence-corrected chi connectivity index (χ2v) is 10.8. The first kappa shape index (κ1) is 25.5. The molecule has 4 aromatic rings. The third-order valence-corrected chi connectivity index (χ3v) is 8.06. The van der Waals surface area contributed by atoms with E-state index in [1.54, 1.807) is 36.4 Å². The van der Waals surface area contributed by atoms with Crippen LogP contribution in [0.15, 0.2) is 82.8 Å². The van der Waals surface area contributed by atoms with E-state index in [9.17, 15) is 18.0 Å². The molecule has 4 rings (SSSR count). The van der Waals surface area contributed by atoms with E-state index >= 15 is 0 Å². The number of aryl methyl sites for hydroxylation is 1. The van der Waals surface area contributed by atoms with Gasteiger partial charge in [0.1, 0.15) is 10.6 Å². The van der Waals surface area contributed by atoms with Gasteiger partial charge < -0.3 is 4.74 Å². The van der Waals surface area contributed by atoms with Crippen molar-refractivity contribution in [2.24, 2.45) is 5.10 Å². The average Bonchev–Trinajstić information content (AvgIpc) is 3.21. The minimum atomic E-state index is -3.84. The summed E-state index contributed by atoms with van der Waals surface area (Å²) in [5, 5.41) is 4.94. The molecule has 0 bridgehead atoms. The molecule has 0 aliphatic carbocycles. The van der Waals surface area contributed by atoms with Gasteiger partial charge in [0.05, 0.1) is 22.7 Å². The summed E-state index contributed by atoms with van der Waals surface area (Å²) < 4.78 is 33.2. The number of nitrogens with one attached hydrogen (secondary N) is 2. The number of nitrogens with zero attached hydrogens (tertiary/aromatic N) is 1. The highest BCUT2D eigenvalue weighted by molar-refractivity contribution is 7.89. The normalized spacial score (nSPS) is 11.6. The van der Waals surface area contributed by atoms with Gasteiger partial charge in [0.2, 0.25) is 10.0 Å². The Hall–Kier alpha value is -3.57. The van der Waals surface area contributed by atoms with Crippen LogP contribution in [0.25, 0.3) is 10.1 Å². The monoisotopic (exact) mass is 541 g/mol. The number of carbonyl (C=O) groups excluding carboxylic acids is 2. The fourth-order valence-electron chi connectivity index (χ4n) is 3.15. The number of para-hydroxylation sites is 1. The predicted molar refractivity (Wildman–Crippen MR) is 140 cm³/mol. The lowest BCUT2D eigenvalue weighted by Gasteiger charge is -2.07. The summed E-state index contributed by atoms with van der Waals surface area (Å²) in [7, 11) is -3.84. The smallest absolute Gasteiger partial charge is 0.355 e. The number of thiophene rings is 1. The third kappa shape index (κ3) is 5.97. The van der Waals surface area contributed by atoms with Crippen molar-refractivity contribution in [2.75, 3.05) is 6.54 Å². The predicted octanol–water partition coefficient (Wildman–Crippen LogP) is 4.51. The largest absolute Gasteiger partial charge is 0.422 e. The van der Waals surface area contributed by atoms with Crippen molar-refractivity contribution in [3.8, 4) is 5.75 Å². The number of halogens is 1. The molecule has 1 heterocycles. The van der Waals surface area contributed by atoms with Gasteiger partial charge in [0.15, 0.2) is 0 Å². The van der Waals surface area contributed by atoms with Crippen LogP contribution in [0.2, 0.25) is 5.02 Å². The van der Waals surface area contributed by atoms with Gasteiger partial charge in [0, 0.05) is 15.6 Å².